The number of carbonyl (C=O) groups excluding carboxylic acids is 1. The van der Waals surface area contributed by atoms with Gasteiger partial charge in [-0.2, -0.15) is 0 Å². The van der Waals surface area contributed by atoms with E-state index in [1.54, 1.807) is 0 Å². The van der Waals surface area contributed by atoms with Crippen LogP contribution in [0.25, 0.3) is 0 Å². The molecule has 1 aromatic heterocycles. The van der Waals surface area contributed by atoms with Crippen LogP contribution >= 0.6 is 0 Å². The number of anilines is 1. The molecule has 5 nitrogen and oxygen atoms in total. The summed E-state index contributed by atoms with van der Waals surface area (Å²) in [5, 5.41) is 0. The van der Waals surface area contributed by atoms with E-state index in [1.807, 2.05) is 13.1 Å². The van der Waals surface area contributed by atoms with Gasteiger partial charge in [-0.25, -0.2) is 0 Å². The molecule has 0 unspecified atom stereocenters. The molecule has 0 radical (unpaired) electrons. The second-order valence-electron chi connectivity index (χ2n) is 9.04. The van der Waals surface area contributed by atoms with E-state index in [1.165, 1.54) is 17.7 Å². The highest BCUT2D eigenvalue weighted by Crippen LogP contribution is 2.45. The molecule has 3 fully saturated rings. The summed E-state index contributed by atoms with van der Waals surface area (Å²) in [6.07, 6.45) is 6.26. The van der Waals surface area contributed by atoms with Gasteiger partial charge in [0.1, 0.15) is 0 Å². The number of hydrogen-bond donors (Lipinski definition) is 0. The van der Waals surface area contributed by atoms with E-state index in [0.717, 1.165) is 57.7 Å². The predicted octanol–water partition coefficient (Wildman–Crippen LogP) is 3.65. The Labute approximate surface area is 179 Å². The average molecular weight is 405 g/mol. The lowest BCUT2D eigenvalue weighted by atomic mass is 9.93. The summed E-state index contributed by atoms with van der Waals surface area (Å²) in [5.74, 6) is 0.533. The van der Waals surface area contributed by atoms with Crippen molar-refractivity contribution in [2.75, 3.05) is 37.6 Å². The number of benzene rings is 1. The minimum Gasteiger partial charge on any atom is -0.370 e. The summed E-state index contributed by atoms with van der Waals surface area (Å²) in [7, 11) is 0. The zero-order valence-electron chi connectivity index (χ0n) is 17.9. The SMILES string of the molecule is Cc1cc(N2CCCN(C(=O)[C@H]3C[C@@H](c4ccccc4)N4CCC[C@H]34)CC2)ccn1. The van der Waals surface area contributed by atoms with E-state index in [0.29, 0.717) is 18.0 Å². The van der Waals surface area contributed by atoms with E-state index < -0.39 is 0 Å². The molecule has 4 heterocycles. The molecule has 1 aromatic carbocycles. The molecule has 0 bridgehead atoms. The van der Waals surface area contributed by atoms with E-state index in [4.69, 9.17) is 0 Å². The molecule has 0 spiro atoms. The second kappa shape index (κ2) is 8.38. The Kier molecular flexibility index (Phi) is 5.47. The van der Waals surface area contributed by atoms with Crippen molar-refractivity contribution in [1.82, 2.24) is 14.8 Å². The second-order valence-corrected chi connectivity index (χ2v) is 9.04. The van der Waals surface area contributed by atoms with Gasteiger partial charge in [0.2, 0.25) is 5.91 Å². The summed E-state index contributed by atoms with van der Waals surface area (Å²) in [6.45, 7) is 6.76. The van der Waals surface area contributed by atoms with Gasteiger partial charge in [-0.15, -0.1) is 0 Å². The molecule has 0 saturated carbocycles. The van der Waals surface area contributed by atoms with Gasteiger partial charge in [0.15, 0.2) is 0 Å². The lowest BCUT2D eigenvalue weighted by Crippen LogP contribution is -2.42. The van der Waals surface area contributed by atoms with Crippen LogP contribution in [0.1, 0.15) is 43.0 Å². The summed E-state index contributed by atoms with van der Waals surface area (Å²) in [4.78, 5) is 25.1. The topological polar surface area (TPSA) is 39.7 Å². The third kappa shape index (κ3) is 3.71. The van der Waals surface area contributed by atoms with Crippen molar-refractivity contribution >= 4 is 11.6 Å². The number of carbonyl (C=O) groups is 1. The number of amides is 1. The Morgan fingerprint density at radius 1 is 1.00 bits per heavy atom. The van der Waals surface area contributed by atoms with Gasteiger partial charge in [0, 0.05) is 55.8 Å². The number of hydrogen-bond acceptors (Lipinski definition) is 4. The van der Waals surface area contributed by atoms with E-state index >= 15 is 0 Å². The number of pyridine rings is 1. The van der Waals surface area contributed by atoms with Crippen molar-refractivity contribution in [3.63, 3.8) is 0 Å². The lowest BCUT2D eigenvalue weighted by Gasteiger charge is -2.28. The van der Waals surface area contributed by atoms with Gasteiger partial charge in [0.25, 0.3) is 0 Å². The maximum Gasteiger partial charge on any atom is 0.227 e. The normalized spacial score (nSPS) is 27.2. The van der Waals surface area contributed by atoms with Crippen LogP contribution in [0.15, 0.2) is 48.7 Å². The third-order valence-corrected chi connectivity index (χ3v) is 7.24. The molecule has 3 atom stereocenters. The predicted molar refractivity (Wildman–Crippen MR) is 119 cm³/mol. The minimum absolute atomic E-state index is 0.146. The number of fused-ring (bicyclic) bond motifs is 1. The fourth-order valence-corrected chi connectivity index (χ4v) is 5.79. The smallest absolute Gasteiger partial charge is 0.227 e. The van der Waals surface area contributed by atoms with Gasteiger partial charge in [-0.3, -0.25) is 14.7 Å². The van der Waals surface area contributed by atoms with E-state index in [-0.39, 0.29) is 5.92 Å². The van der Waals surface area contributed by atoms with Gasteiger partial charge >= 0.3 is 0 Å². The zero-order valence-corrected chi connectivity index (χ0v) is 17.9. The van der Waals surface area contributed by atoms with Crippen molar-refractivity contribution in [3.05, 3.63) is 59.9 Å². The summed E-state index contributed by atoms with van der Waals surface area (Å²) >= 11 is 0. The first kappa shape index (κ1) is 19.6. The van der Waals surface area contributed by atoms with Gasteiger partial charge in [-0.05, 0) is 56.8 Å². The molecule has 1 amide bonds. The highest BCUT2D eigenvalue weighted by molar-refractivity contribution is 5.80. The summed E-state index contributed by atoms with van der Waals surface area (Å²) in [5.41, 5.74) is 3.64. The highest BCUT2D eigenvalue weighted by Gasteiger charge is 2.48. The highest BCUT2D eigenvalue weighted by atomic mass is 16.2. The molecule has 158 valence electrons. The molecule has 5 rings (SSSR count). The molecule has 0 aliphatic carbocycles. The number of aromatic nitrogens is 1. The Morgan fingerprint density at radius 3 is 2.70 bits per heavy atom. The molecule has 5 heteroatoms. The monoisotopic (exact) mass is 404 g/mol. The van der Waals surface area contributed by atoms with E-state index in [2.05, 4.69) is 62.1 Å². The fourth-order valence-electron chi connectivity index (χ4n) is 5.79. The first-order chi connectivity index (χ1) is 14.7. The molecule has 0 N–H and O–H groups in total. The van der Waals surface area contributed by atoms with Crippen LogP contribution in [-0.2, 0) is 4.79 Å². The zero-order chi connectivity index (χ0) is 20.5. The van der Waals surface area contributed by atoms with Crippen molar-refractivity contribution in [2.24, 2.45) is 5.92 Å². The van der Waals surface area contributed by atoms with E-state index in [9.17, 15) is 4.79 Å². The first-order valence-corrected chi connectivity index (χ1v) is 11.5. The molecule has 2 aromatic rings. The van der Waals surface area contributed by atoms with Crippen molar-refractivity contribution in [3.8, 4) is 0 Å². The molecular weight excluding hydrogens is 372 g/mol. The third-order valence-electron chi connectivity index (χ3n) is 7.24. The fraction of sp³-hybridized carbons (Fsp3) is 0.520. The standard InChI is InChI=1S/C25H32N4O/c1-19-17-21(10-11-26-19)27-12-6-13-28(16-15-27)25(30)22-18-24(20-7-3-2-4-8-20)29-14-5-9-23(22)29/h2-4,7-8,10-11,17,22-24H,5-6,9,12-16,18H2,1H3/t22-,23+,24-/m0/s1. The number of rotatable bonds is 3. The first-order valence-electron chi connectivity index (χ1n) is 11.5. The van der Waals surface area contributed by atoms with Gasteiger partial charge in [0.05, 0.1) is 5.92 Å². The van der Waals surface area contributed by atoms with Crippen LogP contribution in [0.2, 0.25) is 0 Å². The van der Waals surface area contributed by atoms with Crippen LogP contribution in [-0.4, -0.2) is 59.5 Å². The Bertz CT molecular complexity index is 886. The molecular formula is C25H32N4O. The number of aryl methyl sites for hydroxylation is 1. The Balaban J connectivity index is 1.29. The maximum absolute atomic E-state index is 13.6. The minimum atomic E-state index is 0.146. The Hall–Kier alpha value is -2.40. The number of nitrogens with zero attached hydrogens (tertiary/aromatic N) is 4. The average Bonchev–Trinajstić information content (AvgIpc) is 3.29. The van der Waals surface area contributed by atoms with Gasteiger partial charge < -0.3 is 9.80 Å². The van der Waals surface area contributed by atoms with Crippen LogP contribution in [0.3, 0.4) is 0 Å². The maximum atomic E-state index is 13.6. The summed E-state index contributed by atoms with van der Waals surface area (Å²) < 4.78 is 0. The van der Waals surface area contributed by atoms with Crippen LogP contribution in [0.4, 0.5) is 5.69 Å². The van der Waals surface area contributed by atoms with Crippen LogP contribution in [0.5, 0.6) is 0 Å². The Morgan fingerprint density at radius 2 is 1.87 bits per heavy atom. The molecule has 3 saturated heterocycles. The molecule has 3 aliphatic rings. The van der Waals surface area contributed by atoms with Crippen molar-refractivity contribution < 1.29 is 4.79 Å². The molecule has 30 heavy (non-hydrogen) atoms. The summed E-state index contributed by atoms with van der Waals surface area (Å²) in [6, 6.07) is 15.8. The molecule has 3 aliphatic heterocycles. The van der Waals surface area contributed by atoms with Gasteiger partial charge in [-0.1, -0.05) is 30.3 Å². The van der Waals surface area contributed by atoms with Crippen LogP contribution < -0.4 is 4.90 Å². The quantitative estimate of drug-likeness (QED) is 0.783. The lowest BCUT2D eigenvalue weighted by molar-refractivity contribution is -0.135. The van der Waals surface area contributed by atoms with Crippen molar-refractivity contribution in [1.29, 1.82) is 0 Å². The van der Waals surface area contributed by atoms with Crippen LogP contribution in [0, 0.1) is 12.8 Å². The largest absolute Gasteiger partial charge is 0.370 e. The van der Waals surface area contributed by atoms with Crippen molar-refractivity contribution in [2.45, 2.75) is 44.7 Å².